The van der Waals surface area contributed by atoms with Gasteiger partial charge in [0.05, 0.1) is 10.3 Å². The summed E-state index contributed by atoms with van der Waals surface area (Å²) in [6.45, 7) is -1.23. The number of sulfonamides is 1. The second-order valence-corrected chi connectivity index (χ2v) is 10.6. The zero-order valence-electron chi connectivity index (χ0n) is 18.7. The van der Waals surface area contributed by atoms with E-state index in [9.17, 15) is 26.8 Å². The molecule has 4 rings (SSSR count). The molecular weight excluding hydrogens is 466 g/mol. The van der Waals surface area contributed by atoms with E-state index in [0.717, 1.165) is 24.5 Å². The Bertz CT molecular complexity index is 1180. The maximum Gasteiger partial charge on any atom is 0.387 e. The summed E-state index contributed by atoms with van der Waals surface area (Å²) in [6, 6.07) is 14.0. The van der Waals surface area contributed by atoms with Crippen molar-refractivity contribution in [1.82, 2.24) is 9.62 Å². The summed E-state index contributed by atoms with van der Waals surface area (Å²) in [6.07, 6.45) is 3.42. The maximum absolute atomic E-state index is 13.8. The number of carbonyl (C=O) groups is 2. The van der Waals surface area contributed by atoms with Gasteiger partial charge in [-0.1, -0.05) is 49.2 Å². The predicted molar refractivity (Wildman–Crippen MR) is 120 cm³/mol. The molecule has 34 heavy (non-hydrogen) atoms. The summed E-state index contributed by atoms with van der Waals surface area (Å²) < 4.78 is 56.9. The van der Waals surface area contributed by atoms with Gasteiger partial charge in [0.2, 0.25) is 5.91 Å². The fraction of sp³-hybridized carbons (Fsp3) is 0.417. The van der Waals surface area contributed by atoms with Crippen molar-refractivity contribution in [2.24, 2.45) is 0 Å². The van der Waals surface area contributed by atoms with Crippen LogP contribution >= 0.6 is 0 Å². The number of hydrogen-bond acceptors (Lipinski definition) is 5. The number of likely N-dealkylation sites (tertiary alicyclic amines) is 1. The molecule has 0 bridgehead atoms. The van der Waals surface area contributed by atoms with E-state index in [2.05, 4.69) is 4.74 Å². The largest absolute Gasteiger partial charge is 0.435 e. The van der Waals surface area contributed by atoms with Crippen LogP contribution in [0.3, 0.4) is 0 Å². The Kier molecular flexibility index (Phi) is 6.37. The van der Waals surface area contributed by atoms with Crippen molar-refractivity contribution in [3.8, 4) is 5.75 Å². The third-order valence-electron chi connectivity index (χ3n) is 6.91. The highest BCUT2D eigenvalue weighted by atomic mass is 32.2. The molecule has 1 unspecified atom stereocenters. The van der Waals surface area contributed by atoms with Gasteiger partial charge in [0.15, 0.2) is 0 Å². The molecule has 1 atom stereocenters. The monoisotopic (exact) mass is 492 g/mol. The van der Waals surface area contributed by atoms with Crippen molar-refractivity contribution in [3.63, 3.8) is 0 Å². The Balaban J connectivity index is 1.55. The lowest BCUT2D eigenvalue weighted by atomic mass is 9.74. The van der Waals surface area contributed by atoms with E-state index in [4.69, 9.17) is 0 Å². The molecule has 7 nitrogen and oxygen atoms in total. The van der Waals surface area contributed by atoms with Gasteiger partial charge in [-0.3, -0.25) is 9.59 Å². The second kappa shape index (κ2) is 8.98. The first-order valence-electron chi connectivity index (χ1n) is 11.1. The summed E-state index contributed by atoms with van der Waals surface area (Å²) in [5, 5.41) is 0. The van der Waals surface area contributed by atoms with Crippen molar-refractivity contribution in [3.05, 3.63) is 60.2 Å². The number of hydrogen-bond donors (Lipinski definition) is 1. The number of carbonyl (C=O) groups excluding carboxylic acids is 2. The molecule has 1 aliphatic heterocycles. The molecule has 10 heteroatoms. The SMILES string of the molecule is CC1(C(=O)NS(=O)(=O)c2cccc(OC(F)F)c2)CCN1C(=O)C1(c2ccccc2)CCCC1. The Labute approximate surface area is 197 Å². The quantitative estimate of drug-likeness (QED) is 0.638. The van der Waals surface area contributed by atoms with E-state index in [0.29, 0.717) is 25.8 Å². The minimum atomic E-state index is -4.38. The molecule has 1 heterocycles. The summed E-state index contributed by atoms with van der Waals surface area (Å²) >= 11 is 0. The van der Waals surface area contributed by atoms with Crippen LogP contribution in [0.5, 0.6) is 5.75 Å². The number of ether oxygens (including phenoxy) is 1. The van der Waals surface area contributed by atoms with Crippen molar-refractivity contribution in [2.75, 3.05) is 6.54 Å². The Morgan fingerprint density at radius 1 is 1.03 bits per heavy atom. The molecule has 2 amide bonds. The van der Waals surface area contributed by atoms with Crippen LogP contribution in [0.25, 0.3) is 0 Å². The van der Waals surface area contributed by atoms with E-state index in [-0.39, 0.29) is 11.7 Å². The standard InChI is InChI=1S/C24H26F2N2O5S/c1-23(20(29)27-34(31,32)19-11-7-10-18(16-19)33-22(25)26)14-15-28(23)21(30)24(12-5-6-13-24)17-8-3-2-4-9-17/h2-4,7-11,16,22H,5-6,12-15H2,1H3,(H,27,29). The lowest BCUT2D eigenvalue weighted by Gasteiger charge is -2.52. The normalized spacial score (nSPS) is 21.7. The minimum Gasteiger partial charge on any atom is -0.435 e. The number of amides is 2. The van der Waals surface area contributed by atoms with Crippen LogP contribution in [0.1, 0.15) is 44.6 Å². The molecule has 2 aromatic rings. The van der Waals surface area contributed by atoms with E-state index in [1.165, 1.54) is 23.1 Å². The lowest BCUT2D eigenvalue weighted by molar-refractivity contribution is -0.161. The summed E-state index contributed by atoms with van der Waals surface area (Å²) in [7, 11) is -4.38. The van der Waals surface area contributed by atoms with Gasteiger partial charge in [-0.2, -0.15) is 8.78 Å². The Morgan fingerprint density at radius 2 is 1.71 bits per heavy atom. The van der Waals surface area contributed by atoms with Crippen molar-refractivity contribution < 1.29 is 31.5 Å². The van der Waals surface area contributed by atoms with Gasteiger partial charge in [-0.15, -0.1) is 0 Å². The zero-order chi connectivity index (χ0) is 24.6. The third-order valence-corrected chi connectivity index (χ3v) is 8.24. The Morgan fingerprint density at radius 3 is 2.29 bits per heavy atom. The van der Waals surface area contributed by atoms with Gasteiger partial charge in [-0.25, -0.2) is 13.1 Å². The van der Waals surface area contributed by atoms with Crippen molar-refractivity contribution >= 4 is 21.8 Å². The van der Waals surface area contributed by atoms with E-state index < -0.39 is 38.4 Å². The molecule has 1 saturated carbocycles. The van der Waals surface area contributed by atoms with Crippen molar-refractivity contribution in [1.29, 1.82) is 0 Å². The first-order valence-corrected chi connectivity index (χ1v) is 12.6. The van der Waals surface area contributed by atoms with Crippen LogP contribution in [-0.2, 0) is 25.0 Å². The van der Waals surface area contributed by atoms with Crippen molar-refractivity contribution in [2.45, 2.75) is 61.5 Å². The smallest absolute Gasteiger partial charge is 0.387 e. The molecule has 1 aliphatic carbocycles. The topological polar surface area (TPSA) is 92.8 Å². The number of nitrogens with one attached hydrogen (secondary N) is 1. The second-order valence-electron chi connectivity index (χ2n) is 8.92. The molecule has 1 N–H and O–H groups in total. The number of halogens is 2. The zero-order valence-corrected chi connectivity index (χ0v) is 19.5. The number of rotatable bonds is 7. The van der Waals surface area contributed by atoms with E-state index in [1.54, 1.807) is 6.92 Å². The maximum atomic E-state index is 13.8. The highest BCUT2D eigenvalue weighted by Gasteiger charge is 2.56. The van der Waals surface area contributed by atoms with Gasteiger partial charge in [0.25, 0.3) is 15.9 Å². The van der Waals surface area contributed by atoms with Gasteiger partial charge in [-0.05, 0) is 43.9 Å². The van der Waals surface area contributed by atoms with Gasteiger partial charge >= 0.3 is 6.61 Å². The molecule has 0 spiro atoms. The summed E-state index contributed by atoms with van der Waals surface area (Å²) in [5.74, 6) is -1.36. The number of nitrogens with zero attached hydrogens (tertiary/aromatic N) is 1. The average molecular weight is 493 g/mol. The Hall–Kier alpha value is -3.01. The van der Waals surface area contributed by atoms with E-state index >= 15 is 0 Å². The average Bonchev–Trinajstić information content (AvgIpc) is 3.29. The molecule has 182 valence electrons. The van der Waals surface area contributed by atoms with Gasteiger partial charge in [0, 0.05) is 12.6 Å². The van der Waals surface area contributed by atoms with E-state index in [1.807, 2.05) is 35.1 Å². The minimum absolute atomic E-state index is 0.176. The first-order chi connectivity index (χ1) is 16.1. The van der Waals surface area contributed by atoms with Crippen LogP contribution in [0.2, 0.25) is 0 Å². The first kappa shape index (κ1) is 24.1. The molecule has 0 aromatic heterocycles. The summed E-state index contributed by atoms with van der Waals surface area (Å²) in [4.78, 5) is 28.0. The fourth-order valence-electron chi connectivity index (χ4n) is 4.85. The van der Waals surface area contributed by atoms with Crippen LogP contribution in [0, 0.1) is 0 Å². The highest BCUT2D eigenvalue weighted by molar-refractivity contribution is 7.90. The van der Waals surface area contributed by atoms with Crippen LogP contribution in [0.4, 0.5) is 8.78 Å². The summed E-state index contributed by atoms with van der Waals surface area (Å²) in [5.41, 5.74) is -1.18. The molecule has 1 saturated heterocycles. The van der Waals surface area contributed by atoms with Gasteiger partial charge in [0.1, 0.15) is 11.3 Å². The van der Waals surface area contributed by atoms with Crippen LogP contribution < -0.4 is 9.46 Å². The van der Waals surface area contributed by atoms with Crippen LogP contribution in [0.15, 0.2) is 59.5 Å². The third kappa shape index (κ3) is 4.26. The molecule has 2 aliphatic rings. The molecule has 2 aromatic carbocycles. The van der Waals surface area contributed by atoms with Crippen LogP contribution in [-0.4, -0.2) is 43.8 Å². The fourth-order valence-corrected chi connectivity index (χ4v) is 5.96. The number of benzene rings is 2. The molecule has 0 radical (unpaired) electrons. The molecular formula is C24H26F2N2O5S. The highest BCUT2D eigenvalue weighted by Crippen LogP contribution is 2.46. The predicted octanol–water partition coefficient (Wildman–Crippen LogP) is 3.60. The van der Waals surface area contributed by atoms with Gasteiger partial charge < -0.3 is 9.64 Å². The molecule has 2 fully saturated rings. The lowest BCUT2D eigenvalue weighted by Crippen LogP contribution is -2.70. The number of alkyl halides is 2.